The zero-order valence-corrected chi connectivity index (χ0v) is 14.7. The van der Waals surface area contributed by atoms with Gasteiger partial charge < -0.3 is 14.2 Å². The minimum Gasteiger partial charge on any atom is -0.478 e. The summed E-state index contributed by atoms with van der Waals surface area (Å²) in [5, 5.41) is 8.77. The standard InChI is InChI=1S/C16H20ClN5O2/c1-4-24-13-6-5-11(17)14(18-13)16(23)21-7-8-22-12(9-21)19-20-15(22)10(2)3/h5-6,10H,4,7-9H2,1-3H3. The predicted molar refractivity (Wildman–Crippen MR) is 89.3 cm³/mol. The zero-order valence-electron chi connectivity index (χ0n) is 14.0. The van der Waals surface area contributed by atoms with E-state index in [0.29, 0.717) is 43.1 Å². The number of hydrogen-bond donors (Lipinski definition) is 0. The van der Waals surface area contributed by atoms with Gasteiger partial charge in [0.2, 0.25) is 5.88 Å². The van der Waals surface area contributed by atoms with Crippen LogP contribution in [0.15, 0.2) is 12.1 Å². The number of fused-ring (bicyclic) bond motifs is 1. The topological polar surface area (TPSA) is 73.1 Å². The number of amides is 1. The summed E-state index contributed by atoms with van der Waals surface area (Å²) >= 11 is 6.16. The largest absolute Gasteiger partial charge is 0.478 e. The minimum absolute atomic E-state index is 0.208. The predicted octanol–water partition coefficient (Wildman–Crippen LogP) is 2.50. The van der Waals surface area contributed by atoms with Crippen molar-refractivity contribution in [3.63, 3.8) is 0 Å². The van der Waals surface area contributed by atoms with Crippen molar-refractivity contribution in [1.82, 2.24) is 24.6 Å². The summed E-state index contributed by atoms with van der Waals surface area (Å²) < 4.78 is 7.44. The molecule has 3 rings (SSSR count). The van der Waals surface area contributed by atoms with Crippen LogP contribution in [0.4, 0.5) is 0 Å². The number of halogens is 1. The van der Waals surface area contributed by atoms with Gasteiger partial charge in [0.25, 0.3) is 5.91 Å². The molecule has 1 aliphatic rings. The van der Waals surface area contributed by atoms with Crippen molar-refractivity contribution in [3.8, 4) is 5.88 Å². The molecule has 0 fully saturated rings. The maximum Gasteiger partial charge on any atom is 0.274 e. The lowest BCUT2D eigenvalue weighted by Crippen LogP contribution is -2.39. The first-order valence-corrected chi connectivity index (χ1v) is 8.39. The van der Waals surface area contributed by atoms with E-state index in [4.69, 9.17) is 16.3 Å². The third kappa shape index (κ3) is 3.08. The number of aromatic nitrogens is 4. The van der Waals surface area contributed by atoms with Gasteiger partial charge in [0.15, 0.2) is 11.5 Å². The SMILES string of the molecule is CCOc1ccc(Cl)c(C(=O)N2CCn3c(nnc3C(C)C)C2)n1. The van der Waals surface area contributed by atoms with E-state index in [0.717, 1.165) is 11.6 Å². The molecule has 8 heteroatoms. The molecule has 0 spiro atoms. The third-order valence-corrected chi connectivity index (χ3v) is 4.21. The van der Waals surface area contributed by atoms with Gasteiger partial charge >= 0.3 is 0 Å². The van der Waals surface area contributed by atoms with Crippen LogP contribution in [0, 0.1) is 0 Å². The quantitative estimate of drug-likeness (QED) is 0.848. The van der Waals surface area contributed by atoms with E-state index in [-0.39, 0.29) is 11.6 Å². The molecule has 1 aliphatic heterocycles. The molecule has 0 saturated carbocycles. The molecule has 2 aromatic rings. The van der Waals surface area contributed by atoms with E-state index >= 15 is 0 Å². The number of carbonyl (C=O) groups is 1. The molecule has 0 bridgehead atoms. The number of hydrogen-bond acceptors (Lipinski definition) is 5. The van der Waals surface area contributed by atoms with Gasteiger partial charge in [0.05, 0.1) is 18.2 Å². The Hall–Kier alpha value is -2.15. The first-order chi connectivity index (χ1) is 11.5. The molecule has 0 saturated heterocycles. The molecular weight excluding hydrogens is 330 g/mol. The van der Waals surface area contributed by atoms with Gasteiger partial charge in [-0.2, -0.15) is 0 Å². The molecule has 0 unspecified atom stereocenters. The van der Waals surface area contributed by atoms with E-state index in [1.54, 1.807) is 17.0 Å². The zero-order chi connectivity index (χ0) is 17.3. The molecular formula is C16H20ClN5O2. The fraction of sp³-hybridized carbons (Fsp3) is 0.500. The highest BCUT2D eigenvalue weighted by atomic mass is 35.5. The van der Waals surface area contributed by atoms with E-state index in [1.165, 1.54) is 0 Å². The first-order valence-electron chi connectivity index (χ1n) is 8.01. The number of carbonyl (C=O) groups excluding carboxylic acids is 1. The van der Waals surface area contributed by atoms with Crippen molar-refractivity contribution in [1.29, 1.82) is 0 Å². The Morgan fingerprint density at radius 2 is 2.12 bits per heavy atom. The summed E-state index contributed by atoms with van der Waals surface area (Å²) in [4.78, 5) is 18.7. The monoisotopic (exact) mass is 349 g/mol. The molecule has 1 amide bonds. The fourth-order valence-electron chi connectivity index (χ4n) is 2.73. The number of pyridine rings is 1. The molecule has 0 radical (unpaired) electrons. The average Bonchev–Trinajstić information content (AvgIpc) is 2.99. The van der Waals surface area contributed by atoms with Crippen LogP contribution in [-0.4, -0.2) is 43.7 Å². The summed E-state index contributed by atoms with van der Waals surface area (Å²) in [7, 11) is 0. The number of nitrogens with zero attached hydrogens (tertiary/aromatic N) is 5. The van der Waals surface area contributed by atoms with Crippen molar-refractivity contribution in [2.75, 3.05) is 13.2 Å². The molecule has 3 heterocycles. The van der Waals surface area contributed by atoms with Crippen molar-refractivity contribution >= 4 is 17.5 Å². The van der Waals surface area contributed by atoms with Crippen LogP contribution < -0.4 is 4.74 Å². The van der Waals surface area contributed by atoms with Gasteiger partial charge in [-0.25, -0.2) is 4.98 Å². The second-order valence-corrected chi connectivity index (χ2v) is 6.33. The van der Waals surface area contributed by atoms with E-state index in [1.807, 2.05) is 6.92 Å². The van der Waals surface area contributed by atoms with Crippen LogP contribution in [-0.2, 0) is 13.1 Å². The second kappa shape index (κ2) is 6.76. The van der Waals surface area contributed by atoms with Gasteiger partial charge in [-0.1, -0.05) is 25.4 Å². The molecule has 2 aromatic heterocycles. The van der Waals surface area contributed by atoms with Crippen molar-refractivity contribution in [2.45, 2.75) is 39.8 Å². The molecule has 24 heavy (non-hydrogen) atoms. The highest BCUT2D eigenvalue weighted by Crippen LogP contribution is 2.23. The van der Waals surface area contributed by atoms with Gasteiger partial charge in [-0.05, 0) is 13.0 Å². The Bertz CT molecular complexity index is 759. The summed E-state index contributed by atoms with van der Waals surface area (Å²) in [6.45, 7) is 8.14. The van der Waals surface area contributed by atoms with Crippen molar-refractivity contribution < 1.29 is 9.53 Å². The van der Waals surface area contributed by atoms with E-state index in [2.05, 4.69) is 33.6 Å². The molecule has 128 valence electrons. The lowest BCUT2D eigenvalue weighted by molar-refractivity contribution is 0.0699. The Morgan fingerprint density at radius 1 is 1.33 bits per heavy atom. The smallest absolute Gasteiger partial charge is 0.274 e. The second-order valence-electron chi connectivity index (χ2n) is 5.92. The molecule has 0 aliphatic carbocycles. The van der Waals surface area contributed by atoms with Gasteiger partial charge in [-0.3, -0.25) is 4.79 Å². The van der Waals surface area contributed by atoms with Crippen molar-refractivity contribution in [3.05, 3.63) is 34.5 Å². The summed E-state index contributed by atoms with van der Waals surface area (Å²) in [6.07, 6.45) is 0. The lowest BCUT2D eigenvalue weighted by atomic mass is 10.2. The highest BCUT2D eigenvalue weighted by Gasteiger charge is 2.28. The van der Waals surface area contributed by atoms with Crippen LogP contribution in [0.1, 0.15) is 48.8 Å². The summed E-state index contributed by atoms with van der Waals surface area (Å²) in [5.41, 5.74) is 0.208. The molecule has 0 atom stereocenters. The van der Waals surface area contributed by atoms with Crippen LogP contribution >= 0.6 is 11.6 Å². The highest BCUT2D eigenvalue weighted by molar-refractivity contribution is 6.33. The molecule has 0 aromatic carbocycles. The normalized spacial score (nSPS) is 14.0. The van der Waals surface area contributed by atoms with Crippen molar-refractivity contribution in [2.24, 2.45) is 0 Å². The lowest BCUT2D eigenvalue weighted by Gasteiger charge is -2.28. The first kappa shape index (κ1) is 16.7. The Balaban J connectivity index is 1.83. The Kier molecular flexibility index (Phi) is 4.71. The summed E-state index contributed by atoms with van der Waals surface area (Å²) in [6, 6.07) is 3.29. The average molecular weight is 350 g/mol. The molecule has 0 N–H and O–H groups in total. The Morgan fingerprint density at radius 3 is 2.83 bits per heavy atom. The van der Waals surface area contributed by atoms with Crippen LogP contribution in [0.25, 0.3) is 0 Å². The maximum absolute atomic E-state index is 12.8. The molecule has 7 nitrogen and oxygen atoms in total. The van der Waals surface area contributed by atoms with E-state index in [9.17, 15) is 4.79 Å². The fourth-order valence-corrected chi connectivity index (χ4v) is 2.92. The van der Waals surface area contributed by atoms with Gasteiger partial charge in [0, 0.05) is 25.1 Å². The number of rotatable bonds is 4. The van der Waals surface area contributed by atoms with Gasteiger partial charge in [0.1, 0.15) is 5.82 Å². The number of ether oxygens (including phenoxy) is 1. The summed E-state index contributed by atoms with van der Waals surface area (Å²) in [5.74, 6) is 2.21. The van der Waals surface area contributed by atoms with Crippen LogP contribution in [0.5, 0.6) is 5.88 Å². The maximum atomic E-state index is 12.8. The third-order valence-electron chi connectivity index (χ3n) is 3.90. The Labute approximate surface area is 145 Å². The van der Waals surface area contributed by atoms with E-state index < -0.39 is 0 Å². The van der Waals surface area contributed by atoms with Gasteiger partial charge in [-0.15, -0.1) is 10.2 Å². The van der Waals surface area contributed by atoms with Crippen LogP contribution in [0.2, 0.25) is 5.02 Å². The minimum atomic E-state index is -0.220. The van der Waals surface area contributed by atoms with Crippen LogP contribution in [0.3, 0.4) is 0 Å².